The molecule has 3 heterocycles. The maximum absolute atomic E-state index is 13.2. The maximum Gasteiger partial charge on any atom is 0.270 e. The number of carbonyl (C=O) groups is 1. The molecule has 3 aromatic rings. The zero-order chi connectivity index (χ0) is 20.1. The molecule has 0 bridgehead atoms. The second kappa shape index (κ2) is 9.24. The first kappa shape index (κ1) is 19.7. The molecule has 0 unspecified atom stereocenters. The van der Waals surface area contributed by atoms with Gasteiger partial charge < -0.3 is 5.32 Å². The number of hydrogen-bond donors (Lipinski definition) is 1. The van der Waals surface area contributed by atoms with E-state index in [0.717, 1.165) is 43.0 Å². The highest BCUT2D eigenvalue weighted by atomic mass is 32.1. The van der Waals surface area contributed by atoms with Gasteiger partial charge in [0, 0.05) is 30.9 Å². The number of likely N-dealkylation sites (tertiary alicyclic amines) is 1. The van der Waals surface area contributed by atoms with E-state index in [-0.39, 0.29) is 23.7 Å². The molecule has 5 nitrogen and oxygen atoms in total. The van der Waals surface area contributed by atoms with Gasteiger partial charge >= 0.3 is 0 Å². The van der Waals surface area contributed by atoms with E-state index in [1.54, 1.807) is 35.9 Å². The van der Waals surface area contributed by atoms with Crippen LogP contribution in [0.1, 0.15) is 39.9 Å². The first-order valence-electron chi connectivity index (χ1n) is 9.77. The molecule has 1 aromatic carbocycles. The van der Waals surface area contributed by atoms with Crippen LogP contribution >= 0.6 is 11.3 Å². The number of amides is 1. The molecule has 0 saturated carbocycles. The maximum atomic E-state index is 13.2. The minimum absolute atomic E-state index is 0.152. The topological polar surface area (TPSA) is 58.1 Å². The third kappa shape index (κ3) is 5.05. The Balaban J connectivity index is 1.48. The number of pyridine rings is 1. The van der Waals surface area contributed by atoms with Gasteiger partial charge in [-0.25, -0.2) is 9.37 Å². The molecule has 1 aliphatic rings. The molecule has 1 saturated heterocycles. The molecule has 29 heavy (non-hydrogen) atoms. The van der Waals surface area contributed by atoms with Crippen LogP contribution in [0.25, 0.3) is 0 Å². The molecule has 7 heteroatoms. The van der Waals surface area contributed by atoms with Crippen LogP contribution in [0.2, 0.25) is 0 Å². The standard InChI is InChI=1S/C22H23FN4OS/c23-18-8-6-16(7-9-18)14-27-12-3-4-17(15-27)20(22-25-11-13-29-22)26-21(28)19-5-1-2-10-24-19/h1-2,5-11,13,17,20H,3-4,12,14-15H2,(H,26,28)/t17-,20-/m1/s1. The molecular weight excluding hydrogens is 387 g/mol. The van der Waals surface area contributed by atoms with Crippen LogP contribution in [0.4, 0.5) is 4.39 Å². The predicted octanol–water partition coefficient (Wildman–Crippen LogP) is 4.06. The van der Waals surface area contributed by atoms with E-state index in [2.05, 4.69) is 20.2 Å². The molecule has 150 valence electrons. The molecular formula is C22H23FN4OS. The van der Waals surface area contributed by atoms with Crippen molar-refractivity contribution in [1.82, 2.24) is 20.2 Å². The average molecular weight is 411 g/mol. The molecule has 1 fully saturated rings. The second-order valence-electron chi connectivity index (χ2n) is 7.30. The van der Waals surface area contributed by atoms with Gasteiger partial charge in [0.1, 0.15) is 16.5 Å². The zero-order valence-corrected chi connectivity index (χ0v) is 16.8. The highest BCUT2D eigenvalue weighted by Crippen LogP contribution is 2.32. The molecule has 2 aromatic heterocycles. The first-order valence-corrected chi connectivity index (χ1v) is 10.6. The number of nitrogens with one attached hydrogen (secondary N) is 1. The van der Waals surface area contributed by atoms with Crippen LogP contribution in [-0.2, 0) is 6.54 Å². The Morgan fingerprint density at radius 2 is 2.07 bits per heavy atom. The van der Waals surface area contributed by atoms with Gasteiger partial charge in [0.15, 0.2) is 0 Å². The van der Waals surface area contributed by atoms with Gasteiger partial charge in [-0.2, -0.15) is 0 Å². The summed E-state index contributed by atoms with van der Waals surface area (Å²) in [5.41, 5.74) is 1.50. The SMILES string of the molecule is O=C(N[C@@H](c1nccs1)[C@@H]1CCCN(Cc2ccc(F)cc2)C1)c1ccccn1. The smallest absolute Gasteiger partial charge is 0.270 e. The summed E-state index contributed by atoms with van der Waals surface area (Å²) in [6, 6.07) is 11.8. The Morgan fingerprint density at radius 3 is 2.79 bits per heavy atom. The summed E-state index contributed by atoms with van der Waals surface area (Å²) >= 11 is 1.56. The number of carbonyl (C=O) groups excluding carboxylic acids is 1. The molecule has 0 aliphatic carbocycles. The van der Waals surface area contributed by atoms with Gasteiger partial charge in [-0.05, 0) is 55.1 Å². The minimum atomic E-state index is -0.216. The zero-order valence-electron chi connectivity index (χ0n) is 16.0. The lowest BCUT2D eigenvalue weighted by Crippen LogP contribution is -2.42. The Morgan fingerprint density at radius 1 is 1.21 bits per heavy atom. The van der Waals surface area contributed by atoms with Gasteiger partial charge in [-0.15, -0.1) is 11.3 Å². The van der Waals surface area contributed by atoms with Gasteiger partial charge in [-0.3, -0.25) is 14.7 Å². The molecule has 0 radical (unpaired) electrons. The summed E-state index contributed by atoms with van der Waals surface area (Å²) in [7, 11) is 0. The van der Waals surface area contributed by atoms with Gasteiger partial charge in [0.05, 0.1) is 6.04 Å². The number of aromatic nitrogens is 2. The number of benzene rings is 1. The van der Waals surface area contributed by atoms with Gasteiger partial charge in [0.2, 0.25) is 0 Å². The summed E-state index contributed by atoms with van der Waals surface area (Å²) in [4.78, 5) is 23.8. The van der Waals surface area contributed by atoms with Gasteiger partial charge in [0.25, 0.3) is 5.91 Å². The third-order valence-corrected chi connectivity index (χ3v) is 6.09. The lowest BCUT2D eigenvalue weighted by Gasteiger charge is -2.36. The Bertz CT molecular complexity index is 918. The Hall–Kier alpha value is -2.64. The quantitative estimate of drug-likeness (QED) is 0.666. The Labute approximate surface area is 173 Å². The third-order valence-electron chi connectivity index (χ3n) is 5.23. The number of thiazole rings is 1. The molecule has 1 amide bonds. The van der Waals surface area contributed by atoms with E-state index >= 15 is 0 Å². The number of piperidine rings is 1. The minimum Gasteiger partial charge on any atom is -0.341 e. The van der Waals surface area contributed by atoms with E-state index in [4.69, 9.17) is 0 Å². The van der Waals surface area contributed by atoms with Crippen molar-refractivity contribution >= 4 is 17.2 Å². The fourth-order valence-electron chi connectivity index (χ4n) is 3.84. The van der Waals surface area contributed by atoms with E-state index in [9.17, 15) is 9.18 Å². The first-order chi connectivity index (χ1) is 14.2. The number of nitrogens with zero attached hydrogens (tertiary/aromatic N) is 3. The monoisotopic (exact) mass is 410 g/mol. The summed E-state index contributed by atoms with van der Waals surface area (Å²) < 4.78 is 13.2. The summed E-state index contributed by atoms with van der Waals surface area (Å²) in [6.07, 6.45) is 5.47. The number of hydrogen-bond acceptors (Lipinski definition) is 5. The Kier molecular flexibility index (Phi) is 6.27. The van der Waals surface area contributed by atoms with Crippen LogP contribution < -0.4 is 5.32 Å². The molecule has 0 spiro atoms. The van der Waals surface area contributed by atoms with Crippen molar-refractivity contribution in [2.24, 2.45) is 5.92 Å². The molecule has 2 atom stereocenters. The van der Waals surface area contributed by atoms with Crippen molar-refractivity contribution in [3.05, 3.63) is 82.3 Å². The van der Waals surface area contributed by atoms with Crippen LogP contribution in [0.3, 0.4) is 0 Å². The summed E-state index contributed by atoms with van der Waals surface area (Å²) in [5, 5.41) is 6.03. The number of rotatable bonds is 6. The van der Waals surface area contributed by atoms with Crippen LogP contribution in [-0.4, -0.2) is 33.9 Å². The van der Waals surface area contributed by atoms with Crippen molar-refractivity contribution in [3.8, 4) is 0 Å². The van der Waals surface area contributed by atoms with E-state index in [1.807, 2.05) is 23.6 Å². The summed E-state index contributed by atoms with van der Waals surface area (Å²) in [6.45, 7) is 2.62. The molecule has 4 rings (SSSR count). The van der Waals surface area contributed by atoms with Gasteiger partial charge in [-0.1, -0.05) is 18.2 Å². The lowest BCUT2D eigenvalue weighted by molar-refractivity contribution is 0.0873. The number of halogens is 1. The van der Waals surface area contributed by atoms with Crippen LogP contribution in [0.5, 0.6) is 0 Å². The predicted molar refractivity (Wildman–Crippen MR) is 111 cm³/mol. The highest BCUT2D eigenvalue weighted by molar-refractivity contribution is 7.09. The van der Waals surface area contributed by atoms with Crippen molar-refractivity contribution < 1.29 is 9.18 Å². The van der Waals surface area contributed by atoms with Crippen molar-refractivity contribution in [3.63, 3.8) is 0 Å². The van der Waals surface area contributed by atoms with E-state index in [0.29, 0.717) is 5.69 Å². The van der Waals surface area contributed by atoms with E-state index < -0.39 is 0 Å². The average Bonchev–Trinajstić information content (AvgIpc) is 3.29. The van der Waals surface area contributed by atoms with Crippen LogP contribution in [0.15, 0.2) is 60.2 Å². The largest absolute Gasteiger partial charge is 0.341 e. The molecule has 1 aliphatic heterocycles. The normalized spacial score (nSPS) is 18.3. The van der Waals surface area contributed by atoms with Crippen molar-refractivity contribution in [2.75, 3.05) is 13.1 Å². The van der Waals surface area contributed by atoms with Crippen LogP contribution in [0, 0.1) is 11.7 Å². The fourth-order valence-corrected chi connectivity index (χ4v) is 4.62. The lowest BCUT2D eigenvalue weighted by atomic mass is 9.90. The second-order valence-corrected chi connectivity index (χ2v) is 8.23. The molecule has 1 N–H and O–H groups in total. The van der Waals surface area contributed by atoms with Crippen molar-refractivity contribution in [1.29, 1.82) is 0 Å². The fraction of sp³-hybridized carbons (Fsp3) is 0.318. The van der Waals surface area contributed by atoms with E-state index in [1.165, 1.54) is 12.1 Å². The summed E-state index contributed by atoms with van der Waals surface area (Å²) in [5.74, 6) is -0.143. The van der Waals surface area contributed by atoms with Crippen molar-refractivity contribution in [2.45, 2.75) is 25.4 Å². The highest BCUT2D eigenvalue weighted by Gasteiger charge is 2.31.